The number of hydrogen-bond donors (Lipinski definition) is 0. The maximum Gasteiger partial charge on any atom is 0.229 e. The number of benzene rings is 1. The highest BCUT2D eigenvalue weighted by molar-refractivity contribution is 6.31. The minimum atomic E-state index is -0.883. The van der Waals surface area contributed by atoms with Crippen molar-refractivity contribution in [2.45, 2.75) is 26.4 Å². The van der Waals surface area contributed by atoms with Gasteiger partial charge < -0.3 is 9.15 Å². The molecule has 0 amide bonds. The van der Waals surface area contributed by atoms with Crippen LogP contribution in [0.4, 0.5) is 0 Å². The number of Topliss-reactive ketones (excluding diaryl/α,β-unsaturated/α-hetero) is 1. The molecule has 1 aromatic heterocycles. The zero-order valence-electron chi connectivity index (χ0n) is 10.6. The number of carbonyl (C=O) groups is 1. The Bertz CT molecular complexity index is 584. The molecule has 0 aliphatic heterocycles. The highest BCUT2D eigenvalue weighted by Gasteiger charge is 2.31. The van der Waals surface area contributed by atoms with Gasteiger partial charge in [0.15, 0.2) is 5.76 Å². The summed E-state index contributed by atoms with van der Waals surface area (Å²) in [5.41, 5.74) is -0.234. The van der Waals surface area contributed by atoms with E-state index in [0.29, 0.717) is 23.0 Å². The Labute approximate surface area is 111 Å². The average molecular weight is 267 g/mol. The molecule has 2 aromatic rings. The van der Waals surface area contributed by atoms with Crippen LogP contribution in [0.3, 0.4) is 0 Å². The van der Waals surface area contributed by atoms with Gasteiger partial charge in [-0.3, -0.25) is 4.79 Å². The smallest absolute Gasteiger partial charge is 0.229 e. The normalized spacial score (nSPS) is 12.0. The number of halogens is 1. The molecule has 0 aliphatic carbocycles. The lowest BCUT2D eigenvalue weighted by Crippen LogP contribution is -2.34. The molecular weight excluding hydrogens is 252 g/mol. The van der Waals surface area contributed by atoms with Crippen molar-refractivity contribution in [3.05, 3.63) is 35.0 Å². The number of ether oxygens (including phenoxy) is 1. The summed E-state index contributed by atoms with van der Waals surface area (Å²) in [4.78, 5) is 12.3. The van der Waals surface area contributed by atoms with Crippen LogP contribution >= 0.6 is 11.6 Å². The third-order valence-electron chi connectivity index (χ3n) is 2.75. The van der Waals surface area contributed by atoms with Crippen molar-refractivity contribution in [2.75, 3.05) is 6.61 Å². The molecule has 96 valence electrons. The standard InChI is InChI=1S/C14H15ClO3/c1-4-17-14(2,3)13(16)12-8-9-7-10(15)5-6-11(9)18-12/h5-8H,4H2,1-3H3. The van der Waals surface area contributed by atoms with Crippen LogP contribution < -0.4 is 0 Å². The molecule has 0 aliphatic rings. The number of fused-ring (bicyclic) bond motifs is 1. The van der Waals surface area contributed by atoms with Crippen molar-refractivity contribution >= 4 is 28.4 Å². The van der Waals surface area contributed by atoms with Gasteiger partial charge in [0.1, 0.15) is 11.2 Å². The minimum absolute atomic E-state index is 0.170. The third-order valence-corrected chi connectivity index (χ3v) is 2.99. The number of carbonyl (C=O) groups excluding carboxylic acids is 1. The molecule has 0 unspecified atom stereocenters. The first kappa shape index (κ1) is 13.1. The largest absolute Gasteiger partial charge is 0.453 e. The Morgan fingerprint density at radius 1 is 1.39 bits per heavy atom. The van der Waals surface area contributed by atoms with E-state index in [1.165, 1.54) is 0 Å². The Morgan fingerprint density at radius 3 is 2.78 bits per heavy atom. The van der Waals surface area contributed by atoms with Crippen LogP contribution in [-0.4, -0.2) is 18.0 Å². The second-order valence-electron chi connectivity index (χ2n) is 4.57. The van der Waals surface area contributed by atoms with Crippen LogP contribution in [-0.2, 0) is 4.74 Å². The highest BCUT2D eigenvalue weighted by Crippen LogP contribution is 2.26. The Hall–Kier alpha value is -1.32. The van der Waals surface area contributed by atoms with Crippen LogP contribution in [0.5, 0.6) is 0 Å². The summed E-state index contributed by atoms with van der Waals surface area (Å²) < 4.78 is 11.0. The van der Waals surface area contributed by atoms with Gasteiger partial charge in [0.05, 0.1) is 0 Å². The van der Waals surface area contributed by atoms with Crippen molar-refractivity contribution in [1.29, 1.82) is 0 Å². The molecule has 0 saturated heterocycles. The minimum Gasteiger partial charge on any atom is -0.453 e. The molecule has 2 rings (SSSR count). The molecule has 0 bridgehead atoms. The van der Waals surface area contributed by atoms with Crippen LogP contribution in [0.15, 0.2) is 28.7 Å². The van der Waals surface area contributed by atoms with Gasteiger partial charge in [0.2, 0.25) is 5.78 Å². The lowest BCUT2D eigenvalue weighted by atomic mass is 10.0. The van der Waals surface area contributed by atoms with Gasteiger partial charge in [-0.1, -0.05) is 11.6 Å². The maximum atomic E-state index is 12.3. The lowest BCUT2D eigenvalue weighted by Gasteiger charge is -2.21. The second kappa shape index (κ2) is 4.75. The van der Waals surface area contributed by atoms with E-state index in [4.69, 9.17) is 20.8 Å². The molecule has 0 fully saturated rings. The fraction of sp³-hybridized carbons (Fsp3) is 0.357. The van der Waals surface area contributed by atoms with E-state index in [-0.39, 0.29) is 5.78 Å². The van der Waals surface area contributed by atoms with Gasteiger partial charge in [-0.15, -0.1) is 0 Å². The van der Waals surface area contributed by atoms with Crippen molar-refractivity contribution < 1.29 is 13.9 Å². The molecule has 1 aromatic carbocycles. The van der Waals surface area contributed by atoms with Crippen LogP contribution in [0.2, 0.25) is 5.02 Å². The van der Waals surface area contributed by atoms with Crippen LogP contribution in [0.25, 0.3) is 11.0 Å². The van der Waals surface area contributed by atoms with Crippen LogP contribution in [0.1, 0.15) is 31.3 Å². The molecule has 1 heterocycles. The fourth-order valence-electron chi connectivity index (χ4n) is 1.85. The molecule has 0 N–H and O–H groups in total. The first-order valence-corrected chi connectivity index (χ1v) is 6.19. The quantitative estimate of drug-likeness (QED) is 0.783. The van der Waals surface area contributed by atoms with E-state index >= 15 is 0 Å². The molecule has 0 atom stereocenters. The maximum absolute atomic E-state index is 12.3. The fourth-order valence-corrected chi connectivity index (χ4v) is 2.03. The van der Waals surface area contributed by atoms with Gasteiger partial charge in [0.25, 0.3) is 0 Å². The second-order valence-corrected chi connectivity index (χ2v) is 5.00. The number of rotatable bonds is 4. The van der Waals surface area contributed by atoms with Crippen molar-refractivity contribution in [3.63, 3.8) is 0 Å². The van der Waals surface area contributed by atoms with E-state index in [1.807, 2.05) is 6.92 Å². The van der Waals surface area contributed by atoms with Gasteiger partial charge >= 0.3 is 0 Å². The van der Waals surface area contributed by atoms with Crippen molar-refractivity contribution in [1.82, 2.24) is 0 Å². The first-order valence-electron chi connectivity index (χ1n) is 5.82. The molecule has 4 heteroatoms. The Kier molecular flexibility index (Phi) is 3.46. The van der Waals surface area contributed by atoms with Gasteiger partial charge in [-0.25, -0.2) is 0 Å². The van der Waals surface area contributed by atoms with Gasteiger partial charge in [0, 0.05) is 17.0 Å². The summed E-state index contributed by atoms with van der Waals surface area (Å²) in [6.07, 6.45) is 0. The first-order chi connectivity index (χ1) is 8.44. The highest BCUT2D eigenvalue weighted by atomic mass is 35.5. The summed E-state index contributed by atoms with van der Waals surface area (Å²) in [6.45, 7) is 5.80. The van der Waals surface area contributed by atoms with Gasteiger partial charge in [-0.05, 0) is 45.0 Å². The average Bonchev–Trinajstić information content (AvgIpc) is 2.70. The summed E-state index contributed by atoms with van der Waals surface area (Å²) in [7, 11) is 0. The molecular formula is C14H15ClO3. The number of furan rings is 1. The Balaban J connectivity index is 2.39. The van der Waals surface area contributed by atoms with E-state index in [2.05, 4.69) is 0 Å². The zero-order chi connectivity index (χ0) is 13.3. The lowest BCUT2D eigenvalue weighted by molar-refractivity contribution is -0.000534. The molecule has 0 radical (unpaired) electrons. The predicted molar refractivity (Wildman–Crippen MR) is 71.3 cm³/mol. The number of hydrogen-bond acceptors (Lipinski definition) is 3. The predicted octanol–water partition coefficient (Wildman–Crippen LogP) is 4.08. The van der Waals surface area contributed by atoms with Crippen molar-refractivity contribution in [2.24, 2.45) is 0 Å². The summed E-state index contributed by atoms with van der Waals surface area (Å²) in [6, 6.07) is 6.95. The van der Waals surface area contributed by atoms with E-state index < -0.39 is 5.60 Å². The van der Waals surface area contributed by atoms with E-state index in [0.717, 1.165) is 5.39 Å². The molecule has 18 heavy (non-hydrogen) atoms. The SMILES string of the molecule is CCOC(C)(C)C(=O)c1cc2cc(Cl)ccc2o1. The monoisotopic (exact) mass is 266 g/mol. The topological polar surface area (TPSA) is 39.4 Å². The summed E-state index contributed by atoms with van der Waals surface area (Å²) >= 11 is 5.90. The zero-order valence-corrected chi connectivity index (χ0v) is 11.4. The van der Waals surface area contributed by atoms with Crippen LogP contribution in [0, 0.1) is 0 Å². The molecule has 3 nitrogen and oxygen atoms in total. The number of ketones is 1. The Morgan fingerprint density at radius 2 is 2.11 bits per heavy atom. The molecule has 0 saturated carbocycles. The van der Waals surface area contributed by atoms with Crippen molar-refractivity contribution in [3.8, 4) is 0 Å². The summed E-state index contributed by atoms with van der Waals surface area (Å²) in [5.74, 6) is 0.127. The third kappa shape index (κ3) is 2.42. The van der Waals surface area contributed by atoms with Gasteiger partial charge in [-0.2, -0.15) is 0 Å². The van der Waals surface area contributed by atoms with E-state index in [1.54, 1.807) is 38.1 Å². The molecule has 0 spiro atoms. The summed E-state index contributed by atoms with van der Waals surface area (Å²) in [5, 5.41) is 1.43. The van der Waals surface area contributed by atoms with E-state index in [9.17, 15) is 4.79 Å².